The van der Waals surface area contributed by atoms with Crippen molar-refractivity contribution in [3.63, 3.8) is 0 Å². The Bertz CT molecular complexity index is 445. The van der Waals surface area contributed by atoms with Crippen molar-refractivity contribution in [1.82, 2.24) is 0 Å². The first-order chi connectivity index (χ1) is 9.63. The van der Waals surface area contributed by atoms with Crippen molar-refractivity contribution in [2.24, 2.45) is 0 Å². The molecule has 0 unspecified atom stereocenters. The maximum Gasteiger partial charge on any atom is 0.311 e. The zero-order valence-electron chi connectivity index (χ0n) is 11.8. The number of nitro groups is 1. The van der Waals surface area contributed by atoms with E-state index in [-0.39, 0.29) is 17.4 Å². The van der Waals surface area contributed by atoms with E-state index in [1.807, 2.05) is 0 Å². The highest BCUT2D eigenvalue weighted by atomic mass is 16.6. The van der Waals surface area contributed by atoms with E-state index in [0.717, 1.165) is 19.3 Å². The second-order valence-corrected chi connectivity index (χ2v) is 4.75. The molecule has 0 saturated carbocycles. The second-order valence-electron chi connectivity index (χ2n) is 4.75. The standard InChI is InChI=1S/C15H21NO4/c1-2-3-4-5-6-7-11-15(17)20-14-10-8-9-13(12-14)16(18)19/h8-10,12H,2-7,11H2,1H3. The van der Waals surface area contributed by atoms with E-state index in [1.165, 1.54) is 37.5 Å². The Kier molecular flexibility index (Phi) is 7.32. The topological polar surface area (TPSA) is 69.4 Å². The Morgan fingerprint density at radius 2 is 1.90 bits per heavy atom. The Morgan fingerprint density at radius 3 is 2.60 bits per heavy atom. The van der Waals surface area contributed by atoms with Crippen molar-refractivity contribution in [3.05, 3.63) is 34.4 Å². The highest BCUT2D eigenvalue weighted by Gasteiger charge is 2.09. The van der Waals surface area contributed by atoms with Crippen molar-refractivity contribution in [2.45, 2.75) is 51.9 Å². The van der Waals surface area contributed by atoms with E-state index in [0.29, 0.717) is 6.42 Å². The summed E-state index contributed by atoms with van der Waals surface area (Å²) in [5.41, 5.74) is -0.0742. The molecule has 1 rings (SSSR count). The third-order valence-corrected chi connectivity index (χ3v) is 2.99. The number of hydrogen-bond acceptors (Lipinski definition) is 4. The zero-order chi connectivity index (χ0) is 14.8. The molecule has 0 N–H and O–H groups in total. The number of unbranched alkanes of at least 4 members (excludes halogenated alkanes) is 5. The molecule has 0 aromatic heterocycles. The van der Waals surface area contributed by atoms with Gasteiger partial charge in [0.25, 0.3) is 5.69 Å². The molecular weight excluding hydrogens is 258 g/mol. The van der Waals surface area contributed by atoms with Crippen LogP contribution in [0.5, 0.6) is 5.75 Å². The number of non-ortho nitro benzene ring substituents is 1. The smallest absolute Gasteiger partial charge is 0.311 e. The monoisotopic (exact) mass is 279 g/mol. The van der Waals surface area contributed by atoms with E-state index in [2.05, 4.69) is 6.92 Å². The average Bonchev–Trinajstić information content (AvgIpc) is 2.43. The summed E-state index contributed by atoms with van der Waals surface area (Å²) in [7, 11) is 0. The first-order valence-corrected chi connectivity index (χ1v) is 7.08. The quantitative estimate of drug-likeness (QED) is 0.223. The Balaban J connectivity index is 2.28. The van der Waals surface area contributed by atoms with Crippen molar-refractivity contribution < 1.29 is 14.5 Å². The van der Waals surface area contributed by atoms with Gasteiger partial charge in [-0.05, 0) is 12.5 Å². The van der Waals surface area contributed by atoms with Crippen LogP contribution in [0.2, 0.25) is 0 Å². The molecule has 0 aliphatic rings. The van der Waals surface area contributed by atoms with Gasteiger partial charge < -0.3 is 4.74 Å². The molecule has 5 heteroatoms. The Labute approximate surface area is 119 Å². The van der Waals surface area contributed by atoms with Crippen LogP contribution in [-0.4, -0.2) is 10.9 Å². The first-order valence-electron chi connectivity index (χ1n) is 7.08. The summed E-state index contributed by atoms with van der Waals surface area (Å²) in [5.74, 6) is -0.101. The Hall–Kier alpha value is -1.91. The number of hydrogen-bond donors (Lipinski definition) is 0. The molecule has 0 atom stereocenters. The van der Waals surface area contributed by atoms with E-state index < -0.39 is 4.92 Å². The average molecular weight is 279 g/mol. The molecule has 0 aliphatic carbocycles. The molecule has 20 heavy (non-hydrogen) atoms. The number of nitrogens with zero attached hydrogens (tertiary/aromatic N) is 1. The zero-order valence-corrected chi connectivity index (χ0v) is 11.8. The fraction of sp³-hybridized carbons (Fsp3) is 0.533. The van der Waals surface area contributed by atoms with Crippen LogP contribution in [0, 0.1) is 10.1 Å². The van der Waals surface area contributed by atoms with Gasteiger partial charge in [-0.25, -0.2) is 0 Å². The van der Waals surface area contributed by atoms with Crippen LogP contribution in [-0.2, 0) is 4.79 Å². The molecule has 1 aromatic rings. The molecule has 0 radical (unpaired) electrons. The molecule has 0 spiro atoms. The largest absolute Gasteiger partial charge is 0.426 e. The van der Waals surface area contributed by atoms with Gasteiger partial charge in [-0.3, -0.25) is 14.9 Å². The molecule has 0 amide bonds. The molecule has 0 heterocycles. The number of nitro benzene ring substituents is 1. The van der Waals surface area contributed by atoms with Gasteiger partial charge >= 0.3 is 5.97 Å². The summed E-state index contributed by atoms with van der Waals surface area (Å²) >= 11 is 0. The summed E-state index contributed by atoms with van der Waals surface area (Å²) in [6.07, 6.45) is 6.96. The molecule has 1 aromatic carbocycles. The van der Waals surface area contributed by atoms with Crippen LogP contribution < -0.4 is 4.74 Å². The maximum atomic E-state index is 11.6. The van der Waals surface area contributed by atoms with Gasteiger partial charge in [0, 0.05) is 12.5 Å². The van der Waals surface area contributed by atoms with Crippen LogP contribution in [0.15, 0.2) is 24.3 Å². The van der Waals surface area contributed by atoms with Crippen molar-refractivity contribution in [3.8, 4) is 5.75 Å². The minimum absolute atomic E-state index is 0.0742. The van der Waals surface area contributed by atoms with Crippen molar-refractivity contribution >= 4 is 11.7 Å². The highest BCUT2D eigenvalue weighted by Crippen LogP contribution is 2.19. The van der Waals surface area contributed by atoms with Crippen molar-refractivity contribution in [2.75, 3.05) is 0 Å². The van der Waals surface area contributed by atoms with E-state index in [4.69, 9.17) is 4.74 Å². The molecule has 5 nitrogen and oxygen atoms in total. The molecule has 110 valence electrons. The number of carbonyl (C=O) groups is 1. The Morgan fingerprint density at radius 1 is 1.20 bits per heavy atom. The molecule has 0 aliphatic heterocycles. The minimum atomic E-state index is -0.509. The van der Waals surface area contributed by atoms with Crippen LogP contribution in [0.4, 0.5) is 5.69 Å². The van der Waals surface area contributed by atoms with Gasteiger partial charge in [-0.2, -0.15) is 0 Å². The van der Waals surface area contributed by atoms with Gasteiger partial charge in [0.2, 0.25) is 0 Å². The highest BCUT2D eigenvalue weighted by molar-refractivity contribution is 5.72. The van der Waals surface area contributed by atoms with Gasteiger partial charge in [-0.1, -0.05) is 45.1 Å². The molecule has 0 bridgehead atoms. The van der Waals surface area contributed by atoms with Gasteiger partial charge in [0.15, 0.2) is 0 Å². The lowest BCUT2D eigenvalue weighted by Crippen LogP contribution is -2.07. The summed E-state index contributed by atoms with van der Waals surface area (Å²) < 4.78 is 5.09. The lowest BCUT2D eigenvalue weighted by Gasteiger charge is -2.04. The fourth-order valence-corrected chi connectivity index (χ4v) is 1.89. The van der Waals surface area contributed by atoms with Crippen LogP contribution in [0.25, 0.3) is 0 Å². The minimum Gasteiger partial charge on any atom is -0.426 e. The normalized spacial score (nSPS) is 10.2. The van der Waals surface area contributed by atoms with Crippen LogP contribution in [0.1, 0.15) is 51.9 Å². The predicted molar refractivity (Wildman–Crippen MR) is 76.7 cm³/mol. The lowest BCUT2D eigenvalue weighted by molar-refractivity contribution is -0.384. The maximum absolute atomic E-state index is 11.6. The van der Waals surface area contributed by atoms with Gasteiger partial charge in [0.1, 0.15) is 5.75 Å². The predicted octanol–water partition coefficient (Wildman–Crippen LogP) is 4.25. The number of ether oxygens (including phenoxy) is 1. The SMILES string of the molecule is CCCCCCCCC(=O)Oc1cccc([N+](=O)[O-])c1. The summed E-state index contributed by atoms with van der Waals surface area (Å²) in [6.45, 7) is 2.16. The van der Waals surface area contributed by atoms with E-state index >= 15 is 0 Å². The van der Waals surface area contributed by atoms with Gasteiger partial charge in [0.05, 0.1) is 11.0 Å². The summed E-state index contributed by atoms with van der Waals surface area (Å²) in [5, 5.41) is 10.6. The number of benzene rings is 1. The summed E-state index contributed by atoms with van der Waals surface area (Å²) in [4.78, 5) is 21.7. The third-order valence-electron chi connectivity index (χ3n) is 2.99. The first kappa shape index (κ1) is 16.1. The molecular formula is C15H21NO4. The van der Waals surface area contributed by atoms with E-state index in [1.54, 1.807) is 6.07 Å². The van der Waals surface area contributed by atoms with E-state index in [9.17, 15) is 14.9 Å². The molecule has 0 fully saturated rings. The second kappa shape index (κ2) is 9.07. The van der Waals surface area contributed by atoms with Crippen LogP contribution >= 0.6 is 0 Å². The fourth-order valence-electron chi connectivity index (χ4n) is 1.89. The lowest BCUT2D eigenvalue weighted by atomic mass is 10.1. The number of rotatable bonds is 9. The molecule has 0 saturated heterocycles. The third kappa shape index (κ3) is 6.31. The van der Waals surface area contributed by atoms with Crippen LogP contribution in [0.3, 0.4) is 0 Å². The number of carbonyl (C=O) groups excluding carboxylic acids is 1. The van der Waals surface area contributed by atoms with Gasteiger partial charge in [-0.15, -0.1) is 0 Å². The van der Waals surface area contributed by atoms with Crippen molar-refractivity contribution in [1.29, 1.82) is 0 Å². The summed E-state index contributed by atoms with van der Waals surface area (Å²) in [6, 6.07) is 5.68. The number of esters is 1.